The molecule has 4 heterocycles. The molecule has 0 bridgehead atoms. The SMILES string of the molecule is O=C([C@H]1CC(=O)N(c2ccccc2)C1)N1CCN(Cc2nnc3n2CCCCC3)CC1. The fraction of sp³-hybridized carbons (Fsp3) is 0.565. The third kappa shape index (κ3) is 4.21. The monoisotopic (exact) mass is 422 g/mol. The number of fused-ring (bicyclic) bond motifs is 1. The molecule has 0 aliphatic carbocycles. The van der Waals surface area contributed by atoms with Crippen molar-refractivity contribution in [2.45, 2.75) is 45.2 Å². The van der Waals surface area contributed by atoms with E-state index in [2.05, 4.69) is 19.7 Å². The second-order valence-electron chi connectivity index (χ2n) is 8.84. The van der Waals surface area contributed by atoms with Crippen LogP contribution in [0.3, 0.4) is 0 Å². The molecular formula is C23H30N6O2. The molecule has 0 unspecified atom stereocenters. The molecule has 3 aliphatic rings. The summed E-state index contributed by atoms with van der Waals surface area (Å²) in [4.78, 5) is 31.6. The van der Waals surface area contributed by atoms with E-state index in [1.807, 2.05) is 35.2 Å². The number of benzene rings is 1. The Labute approximate surface area is 182 Å². The Bertz CT molecular complexity index is 935. The summed E-state index contributed by atoms with van der Waals surface area (Å²) in [5, 5.41) is 8.85. The number of aryl methyl sites for hydroxylation is 1. The highest BCUT2D eigenvalue weighted by Gasteiger charge is 2.38. The zero-order chi connectivity index (χ0) is 21.2. The van der Waals surface area contributed by atoms with Crippen molar-refractivity contribution in [1.82, 2.24) is 24.6 Å². The molecule has 8 nitrogen and oxygen atoms in total. The molecule has 3 aliphatic heterocycles. The summed E-state index contributed by atoms with van der Waals surface area (Å²) in [5.41, 5.74) is 0.875. The number of aromatic nitrogens is 3. The molecule has 0 saturated carbocycles. The number of hydrogen-bond donors (Lipinski definition) is 0. The third-order valence-corrected chi connectivity index (χ3v) is 6.78. The highest BCUT2D eigenvalue weighted by molar-refractivity contribution is 6.00. The first-order valence-corrected chi connectivity index (χ1v) is 11.5. The minimum atomic E-state index is -0.244. The highest BCUT2D eigenvalue weighted by atomic mass is 16.2. The molecule has 0 spiro atoms. The smallest absolute Gasteiger partial charge is 0.228 e. The summed E-state index contributed by atoms with van der Waals surface area (Å²) in [6, 6.07) is 9.63. The maximum atomic E-state index is 13.1. The zero-order valence-electron chi connectivity index (χ0n) is 17.9. The van der Waals surface area contributed by atoms with Crippen LogP contribution < -0.4 is 4.90 Å². The Hall–Kier alpha value is -2.74. The summed E-state index contributed by atoms with van der Waals surface area (Å²) in [7, 11) is 0. The Balaban J connectivity index is 1.15. The fourth-order valence-electron chi connectivity index (χ4n) is 4.98. The first kappa shape index (κ1) is 20.2. The number of nitrogens with zero attached hydrogens (tertiary/aromatic N) is 6. The van der Waals surface area contributed by atoms with Gasteiger partial charge in [0.05, 0.1) is 12.5 Å². The number of hydrogen-bond acceptors (Lipinski definition) is 5. The van der Waals surface area contributed by atoms with Crippen molar-refractivity contribution in [1.29, 1.82) is 0 Å². The number of carbonyl (C=O) groups is 2. The van der Waals surface area contributed by atoms with Gasteiger partial charge in [-0.3, -0.25) is 14.5 Å². The zero-order valence-corrected chi connectivity index (χ0v) is 17.9. The lowest BCUT2D eigenvalue weighted by atomic mass is 10.1. The summed E-state index contributed by atoms with van der Waals surface area (Å²) >= 11 is 0. The van der Waals surface area contributed by atoms with E-state index in [0.29, 0.717) is 26.1 Å². The van der Waals surface area contributed by atoms with Crippen LogP contribution in [0.25, 0.3) is 0 Å². The molecule has 0 radical (unpaired) electrons. The van der Waals surface area contributed by atoms with E-state index in [4.69, 9.17) is 0 Å². The molecule has 1 aromatic heterocycles. The van der Waals surface area contributed by atoms with Crippen molar-refractivity contribution in [2.24, 2.45) is 5.92 Å². The Morgan fingerprint density at radius 2 is 1.77 bits per heavy atom. The van der Waals surface area contributed by atoms with Crippen LogP contribution in [0, 0.1) is 5.92 Å². The average molecular weight is 423 g/mol. The molecule has 31 heavy (non-hydrogen) atoms. The Kier molecular flexibility index (Phi) is 5.72. The van der Waals surface area contributed by atoms with Gasteiger partial charge in [-0.2, -0.15) is 0 Å². The molecule has 1 aromatic carbocycles. The first-order valence-electron chi connectivity index (χ1n) is 11.5. The van der Waals surface area contributed by atoms with Gasteiger partial charge in [0.15, 0.2) is 0 Å². The summed E-state index contributed by atoms with van der Waals surface area (Å²) < 4.78 is 2.30. The van der Waals surface area contributed by atoms with Crippen LogP contribution in [0.15, 0.2) is 30.3 Å². The Morgan fingerprint density at radius 1 is 0.968 bits per heavy atom. The van der Waals surface area contributed by atoms with E-state index < -0.39 is 0 Å². The number of rotatable bonds is 4. The van der Waals surface area contributed by atoms with Crippen LogP contribution in [0.5, 0.6) is 0 Å². The summed E-state index contributed by atoms with van der Waals surface area (Å²) in [6.45, 7) is 5.36. The lowest BCUT2D eigenvalue weighted by Crippen LogP contribution is -2.50. The van der Waals surface area contributed by atoms with Crippen LogP contribution in [0.1, 0.15) is 37.3 Å². The molecular weight excluding hydrogens is 392 g/mol. The molecule has 1 atom stereocenters. The maximum Gasteiger partial charge on any atom is 0.228 e. The molecule has 2 aromatic rings. The second-order valence-corrected chi connectivity index (χ2v) is 8.84. The number of anilines is 1. The summed E-state index contributed by atoms with van der Waals surface area (Å²) in [6.07, 6.45) is 4.98. The minimum absolute atomic E-state index is 0.0377. The number of carbonyl (C=O) groups excluding carboxylic acids is 2. The van der Waals surface area contributed by atoms with E-state index in [-0.39, 0.29) is 17.7 Å². The summed E-state index contributed by atoms with van der Waals surface area (Å²) in [5.74, 6) is 2.08. The predicted octanol–water partition coefficient (Wildman–Crippen LogP) is 1.70. The van der Waals surface area contributed by atoms with Crippen molar-refractivity contribution < 1.29 is 9.59 Å². The van der Waals surface area contributed by atoms with E-state index in [1.54, 1.807) is 4.90 Å². The van der Waals surface area contributed by atoms with Crippen molar-refractivity contribution in [3.05, 3.63) is 42.0 Å². The lowest BCUT2D eigenvalue weighted by Gasteiger charge is -2.35. The van der Waals surface area contributed by atoms with Gasteiger partial charge in [0.1, 0.15) is 11.6 Å². The standard InChI is InChI=1S/C23H30N6O2/c30-22-15-18(16-29(22)19-7-3-1-4-8-19)23(31)27-13-11-26(12-14-27)17-21-25-24-20-9-5-2-6-10-28(20)21/h1,3-4,7-8,18H,2,5-6,9-17H2/t18-/m0/s1. The van der Waals surface area contributed by atoms with Gasteiger partial charge < -0.3 is 14.4 Å². The molecule has 8 heteroatoms. The van der Waals surface area contributed by atoms with Gasteiger partial charge in [-0.05, 0) is 25.0 Å². The largest absolute Gasteiger partial charge is 0.340 e. The highest BCUT2D eigenvalue weighted by Crippen LogP contribution is 2.26. The second kappa shape index (κ2) is 8.78. The molecule has 2 saturated heterocycles. The average Bonchev–Trinajstić information content (AvgIpc) is 3.28. The number of amides is 2. The normalized spacial score (nSPS) is 22.5. The van der Waals surface area contributed by atoms with Crippen LogP contribution >= 0.6 is 0 Å². The molecule has 0 N–H and O–H groups in total. The quantitative estimate of drug-likeness (QED) is 0.750. The van der Waals surface area contributed by atoms with Gasteiger partial charge in [-0.1, -0.05) is 24.6 Å². The van der Waals surface area contributed by atoms with Crippen molar-refractivity contribution in [2.75, 3.05) is 37.6 Å². The maximum absolute atomic E-state index is 13.1. The first-order chi connectivity index (χ1) is 15.2. The molecule has 164 valence electrons. The molecule has 2 amide bonds. The van der Waals surface area contributed by atoms with E-state index >= 15 is 0 Å². The van der Waals surface area contributed by atoms with Crippen LogP contribution in [-0.2, 0) is 29.1 Å². The van der Waals surface area contributed by atoms with E-state index in [1.165, 1.54) is 19.3 Å². The van der Waals surface area contributed by atoms with E-state index in [0.717, 1.165) is 49.9 Å². The third-order valence-electron chi connectivity index (χ3n) is 6.78. The van der Waals surface area contributed by atoms with Gasteiger partial charge in [0.2, 0.25) is 11.8 Å². The van der Waals surface area contributed by atoms with Crippen molar-refractivity contribution in [3.8, 4) is 0 Å². The van der Waals surface area contributed by atoms with Crippen molar-refractivity contribution in [3.63, 3.8) is 0 Å². The van der Waals surface area contributed by atoms with Crippen LogP contribution in [0.4, 0.5) is 5.69 Å². The van der Waals surface area contributed by atoms with Gasteiger partial charge in [-0.25, -0.2) is 0 Å². The van der Waals surface area contributed by atoms with Crippen molar-refractivity contribution >= 4 is 17.5 Å². The topological polar surface area (TPSA) is 74.6 Å². The van der Waals surface area contributed by atoms with E-state index in [9.17, 15) is 9.59 Å². The predicted molar refractivity (Wildman–Crippen MR) is 116 cm³/mol. The van der Waals surface area contributed by atoms with Gasteiger partial charge in [-0.15, -0.1) is 10.2 Å². The molecule has 2 fully saturated rings. The van der Waals surface area contributed by atoms with Gasteiger partial charge in [0, 0.05) is 57.8 Å². The van der Waals surface area contributed by atoms with Crippen LogP contribution in [-0.4, -0.2) is 69.1 Å². The van der Waals surface area contributed by atoms with Gasteiger partial charge in [0.25, 0.3) is 0 Å². The number of piperazine rings is 1. The minimum Gasteiger partial charge on any atom is -0.340 e. The van der Waals surface area contributed by atoms with Crippen LogP contribution in [0.2, 0.25) is 0 Å². The van der Waals surface area contributed by atoms with Gasteiger partial charge >= 0.3 is 0 Å². The lowest BCUT2D eigenvalue weighted by molar-refractivity contribution is -0.137. The number of para-hydroxylation sites is 1. The molecule has 5 rings (SSSR count). The fourth-order valence-corrected chi connectivity index (χ4v) is 4.98. The Morgan fingerprint density at radius 3 is 2.58 bits per heavy atom.